The summed E-state index contributed by atoms with van der Waals surface area (Å²) in [4.78, 5) is 6.58. The van der Waals surface area contributed by atoms with Crippen LogP contribution in [0.25, 0.3) is 0 Å². The van der Waals surface area contributed by atoms with Gasteiger partial charge in [-0.3, -0.25) is 0 Å². The molecule has 1 fully saturated rings. The van der Waals surface area contributed by atoms with Crippen molar-refractivity contribution in [1.29, 1.82) is 0 Å². The van der Waals surface area contributed by atoms with Gasteiger partial charge < -0.3 is 10.2 Å². The number of hydrogen-bond donors (Lipinski definition) is 1. The van der Waals surface area contributed by atoms with E-state index in [9.17, 15) is 8.42 Å². The summed E-state index contributed by atoms with van der Waals surface area (Å²) in [7, 11) is -1.48. The van der Waals surface area contributed by atoms with Gasteiger partial charge in [0.15, 0.2) is 0 Å². The second-order valence-corrected chi connectivity index (χ2v) is 8.44. The van der Waals surface area contributed by atoms with Crippen molar-refractivity contribution < 1.29 is 8.42 Å². The summed E-state index contributed by atoms with van der Waals surface area (Å²) in [6.45, 7) is 3.10. The summed E-state index contributed by atoms with van der Waals surface area (Å²) in [6.07, 6.45) is 1.41. The third-order valence-corrected chi connectivity index (χ3v) is 6.36. The molecule has 3 rings (SSSR count). The molecule has 1 saturated heterocycles. The van der Waals surface area contributed by atoms with Gasteiger partial charge in [0.25, 0.3) is 0 Å². The molecule has 1 aromatic carbocycles. The summed E-state index contributed by atoms with van der Waals surface area (Å²) in [5.74, 6) is 0.632. The summed E-state index contributed by atoms with van der Waals surface area (Å²) in [5.41, 5.74) is 1.07. The molecule has 0 atom stereocenters. The highest BCUT2D eigenvalue weighted by Crippen LogP contribution is 2.18. The predicted molar refractivity (Wildman–Crippen MR) is 99.3 cm³/mol. The highest BCUT2D eigenvalue weighted by Gasteiger charge is 2.27. The first-order chi connectivity index (χ1) is 11.9. The normalized spacial score (nSPS) is 16.7. The fraction of sp³-hybridized carbons (Fsp3) is 0.353. The molecule has 6 nitrogen and oxygen atoms in total. The number of likely N-dealkylation sites (N-methyl/N-ethyl adjacent to an activating group) is 1. The zero-order valence-electron chi connectivity index (χ0n) is 14.0. The van der Waals surface area contributed by atoms with E-state index in [1.54, 1.807) is 12.1 Å². The van der Waals surface area contributed by atoms with Crippen LogP contribution in [0.2, 0.25) is 5.02 Å². The average Bonchev–Trinajstić information content (AvgIpc) is 2.62. The third kappa shape index (κ3) is 4.49. The Morgan fingerprint density at radius 1 is 1.08 bits per heavy atom. The molecule has 2 heterocycles. The van der Waals surface area contributed by atoms with Crippen molar-refractivity contribution in [3.05, 3.63) is 53.2 Å². The van der Waals surface area contributed by atoms with E-state index in [4.69, 9.17) is 11.6 Å². The molecule has 0 spiro atoms. The maximum Gasteiger partial charge on any atom is 0.244 e. The van der Waals surface area contributed by atoms with E-state index in [-0.39, 0.29) is 4.90 Å². The first-order valence-corrected chi connectivity index (χ1v) is 9.90. The van der Waals surface area contributed by atoms with Gasteiger partial charge in [0.1, 0.15) is 10.7 Å². The van der Waals surface area contributed by atoms with Crippen LogP contribution < -0.4 is 5.32 Å². The number of piperazine rings is 1. The van der Waals surface area contributed by atoms with E-state index < -0.39 is 10.0 Å². The molecule has 134 valence electrons. The fourth-order valence-electron chi connectivity index (χ4n) is 2.61. The van der Waals surface area contributed by atoms with Crippen molar-refractivity contribution in [3.63, 3.8) is 0 Å². The predicted octanol–water partition coefficient (Wildman–Crippen LogP) is 2.28. The smallest absolute Gasteiger partial charge is 0.244 e. The average molecular weight is 381 g/mol. The Morgan fingerprint density at radius 2 is 1.76 bits per heavy atom. The second kappa shape index (κ2) is 7.70. The number of nitrogens with one attached hydrogen (secondary N) is 1. The van der Waals surface area contributed by atoms with Crippen molar-refractivity contribution in [2.75, 3.05) is 38.5 Å². The minimum atomic E-state index is -3.47. The summed E-state index contributed by atoms with van der Waals surface area (Å²) in [6, 6.07) is 10.8. The Kier molecular flexibility index (Phi) is 5.58. The van der Waals surface area contributed by atoms with Gasteiger partial charge in [-0.05, 0) is 36.9 Å². The SMILES string of the molecule is CN1CCN(S(=O)(=O)c2ccc(NCc3ccc(Cl)cc3)nc2)CC1. The molecular formula is C17H21ClN4O2S. The monoisotopic (exact) mass is 380 g/mol. The molecule has 1 aromatic heterocycles. The van der Waals surface area contributed by atoms with Crippen LogP contribution in [-0.2, 0) is 16.6 Å². The van der Waals surface area contributed by atoms with Gasteiger partial charge in [0.05, 0.1) is 0 Å². The first kappa shape index (κ1) is 18.1. The Bertz CT molecular complexity index is 802. The molecule has 1 aliphatic rings. The maximum atomic E-state index is 12.7. The molecular weight excluding hydrogens is 360 g/mol. The number of nitrogens with zero attached hydrogens (tertiary/aromatic N) is 3. The molecule has 1 aliphatic heterocycles. The van der Waals surface area contributed by atoms with E-state index in [2.05, 4.69) is 15.2 Å². The zero-order chi connectivity index (χ0) is 17.9. The van der Waals surface area contributed by atoms with Crippen LogP contribution in [-0.4, -0.2) is 55.8 Å². The number of benzene rings is 1. The number of hydrogen-bond acceptors (Lipinski definition) is 5. The minimum absolute atomic E-state index is 0.231. The number of pyridine rings is 1. The maximum absolute atomic E-state index is 12.7. The largest absolute Gasteiger partial charge is 0.366 e. The van der Waals surface area contributed by atoms with Crippen LogP contribution in [0.4, 0.5) is 5.82 Å². The molecule has 1 N–H and O–H groups in total. The van der Waals surface area contributed by atoms with Crippen LogP contribution in [0.15, 0.2) is 47.5 Å². The number of aromatic nitrogens is 1. The quantitative estimate of drug-likeness (QED) is 0.862. The molecule has 8 heteroatoms. The van der Waals surface area contributed by atoms with Crippen LogP contribution in [0, 0.1) is 0 Å². The molecule has 25 heavy (non-hydrogen) atoms. The van der Waals surface area contributed by atoms with Crippen molar-refractivity contribution in [2.45, 2.75) is 11.4 Å². The first-order valence-electron chi connectivity index (χ1n) is 8.08. The van der Waals surface area contributed by atoms with Gasteiger partial charge in [0, 0.05) is 43.9 Å². The summed E-state index contributed by atoms with van der Waals surface area (Å²) < 4.78 is 26.8. The van der Waals surface area contributed by atoms with Crippen LogP contribution >= 0.6 is 11.6 Å². The fourth-order valence-corrected chi connectivity index (χ4v) is 4.10. The summed E-state index contributed by atoms with van der Waals surface area (Å²) in [5, 5.41) is 3.87. The number of halogens is 1. The Balaban J connectivity index is 1.64. The van der Waals surface area contributed by atoms with E-state index in [0.29, 0.717) is 30.5 Å². The van der Waals surface area contributed by atoms with Crippen LogP contribution in [0.5, 0.6) is 0 Å². The number of sulfonamides is 1. The standard InChI is InChI=1S/C17H21ClN4O2S/c1-21-8-10-22(11-9-21)25(23,24)16-6-7-17(20-13-16)19-12-14-2-4-15(18)5-3-14/h2-7,13H,8-12H2,1H3,(H,19,20). The van der Waals surface area contributed by atoms with Crippen LogP contribution in [0.3, 0.4) is 0 Å². The zero-order valence-corrected chi connectivity index (χ0v) is 15.6. The molecule has 0 amide bonds. The lowest BCUT2D eigenvalue weighted by Crippen LogP contribution is -2.47. The molecule has 0 unspecified atom stereocenters. The second-order valence-electron chi connectivity index (χ2n) is 6.07. The lowest BCUT2D eigenvalue weighted by Gasteiger charge is -2.31. The van der Waals surface area contributed by atoms with E-state index >= 15 is 0 Å². The third-order valence-electron chi connectivity index (χ3n) is 4.22. The van der Waals surface area contributed by atoms with Gasteiger partial charge >= 0.3 is 0 Å². The van der Waals surface area contributed by atoms with E-state index in [1.807, 2.05) is 31.3 Å². The Morgan fingerprint density at radius 3 is 2.36 bits per heavy atom. The van der Waals surface area contributed by atoms with Gasteiger partial charge in [-0.15, -0.1) is 0 Å². The number of rotatable bonds is 5. The van der Waals surface area contributed by atoms with Crippen molar-refractivity contribution >= 4 is 27.4 Å². The van der Waals surface area contributed by atoms with E-state index in [0.717, 1.165) is 18.7 Å². The highest BCUT2D eigenvalue weighted by atomic mass is 35.5. The van der Waals surface area contributed by atoms with Gasteiger partial charge in [0.2, 0.25) is 10.0 Å². The minimum Gasteiger partial charge on any atom is -0.366 e. The molecule has 0 radical (unpaired) electrons. The van der Waals surface area contributed by atoms with Gasteiger partial charge in [-0.25, -0.2) is 13.4 Å². The topological polar surface area (TPSA) is 65.5 Å². The van der Waals surface area contributed by atoms with E-state index in [1.165, 1.54) is 10.5 Å². The molecule has 0 bridgehead atoms. The van der Waals surface area contributed by atoms with Crippen LogP contribution in [0.1, 0.15) is 5.56 Å². The lowest BCUT2D eigenvalue weighted by atomic mass is 10.2. The van der Waals surface area contributed by atoms with Crippen molar-refractivity contribution in [1.82, 2.24) is 14.2 Å². The van der Waals surface area contributed by atoms with Gasteiger partial charge in [-0.2, -0.15) is 4.31 Å². The number of anilines is 1. The Hall–Kier alpha value is -1.67. The molecule has 2 aromatic rings. The summed E-state index contributed by atoms with van der Waals surface area (Å²) >= 11 is 5.86. The Labute approximate surface area is 153 Å². The molecule has 0 saturated carbocycles. The van der Waals surface area contributed by atoms with Gasteiger partial charge in [-0.1, -0.05) is 23.7 Å². The lowest BCUT2D eigenvalue weighted by molar-refractivity contribution is 0.222. The molecule has 0 aliphatic carbocycles. The van der Waals surface area contributed by atoms with Crippen molar-refractivity contribution in [2.24, 2.45) is 0 Å². The highest BCUT2D eigenvalue weighted by molar-refractivity contribution is 7.89. The van der Waals surface area contributed by atoms with Crippen molar-refractivity contribution in [3.8, 4) is 0 Å².